The quantitative estimate of drug-likeness (QED) is 0.657. The third kappa shape index (κ3) is 4.18. The molecule has 0 atom stereocenters. The van der Waals surface area contributed by atoms with Crippen LogP contribution >= 0.6 is 0 Å². The summed E-state index contributed by atoms with van der Waals surface area (Å²) >= 11 is 0. The lowest BCUT2D eigenvalue weighted by atomic mass is 10.1. The number of amides is 2. The second-order valence-corrected chi connectivity index (χ2v) is 6.19. The van der Waals surface area contributed by atoms with Crippen LogP contribution in [-0.4, -0.2) is 28.1 Å². The third-order valence-corrected chi connectivity index (χ3v) is 3.55. The monoisotopic (exact) mass is 352 g/mol. The standard InChI is InChI=1S/C19H20N4O3/c1-11(2)26-19(25)22-16-8-14-9-17(23-18(14)20-10-16)13-5-4-6-15(7-13)21-12(3)24/h4-11H,1-3H3,(H,20,23)(H,21,24)(H,22,25). The Morgan fingerprint density at radius 1 is 1.12 bits per heavy atom. The zero-order valence-electron chi connectivity index (χ0n) is 14.8. The van der Waals surface area contributed by atoms with Crippen molar-refractivity contribution in [1.82, 2.24) is 9.97 Å². The van der Waals surface area contributed by atoms with Gasteiger partial charge < -0.3 is 15.0 Å². The number of carbonyl (C=O) groups excluding carboxylic acids is 2. The Balaban J connectivity index is 1.85. The number of hydrogen-bond donors (Lipinski definition) is 3. The summed E-state index contributed by atoms with van der Waals surface area (Å²) in [6.45, 7) is 5.04. The van der Waals surface area contributed by atoms with Gasteiger partial charge in [-0.05, 0) is 38.1 Å². The zero-order chi connectivity index (χ0) is 18.7. The molecule has 0 saturated heterocycles. The maximum atomic E-state index is 11.7. The molecule has 7 nitrogen and oxygen atoms in total. The minimum Gasteiger partial charge on any atom is -0.447 e. The zero-order valence-corrected chi connectivity index (χ0v) is 14.8. The number of fused-ring (bicyclic) bond motifs is 1. The van der Waals surface area contributed by atoms with Crippen molar-refractivity contribution >= 4 is 34.4 Å². The first-order chi connectivity index (χ1) is 12.4. The Morgan fingerprint density at radius 2 is 1.92 bits per heavy atom. The highest BCUT2D eigenvalue weighted by Gasteiger charge is 2.09. The van der Waals surface area contributed by atoms with E-state index in [-0.39, 0.29) is 12.0 Å². The van der Waals surface area contributed by atoms with E-state index in [9.17, 15) is 9.59 Å². The number of hydrogen-bond acceptors (Lipinski definition) is 4. The van der Waals surface area contributed by atoms with E-state index in [1.165, 1.54) is 6.92 Å². The number of ether oxygens (including phenoxy) is 1. The lowest BCUT2D eigenvalue weighted by Crippen LogP contribution is -2.17. The largest absolute Gasteiger partial charge is 0.447 e. The number of nitrogens with one attached hydrogen (secondary N) is 3. The molecule has 134 valence electrons. The molecule has 0 bridgehead atoms. The summed E-state index contributed by atoms with van der Waals surface area (Å²) in [6, 6.07) is 11.3. The van der Waals surface area contributed by atoms with Crippen molar-refractivity contribution in [3.8, 4) is 11.3 Å². The molecule has 3 rings (SSSR count). The summed E-state index contributed by atoms with van der Waals surface area (Å²) < 4.78 is 5.07. The molecule has 26 heavy (non-hydrogen) atoms. The summed E-state index contributed by atoms with van der Waals surface area (Å²) in [5, 5.41) is 6.28. The molecule has 0 aliphatic rings. The van der Waals surface area contributed by atoms with Gasteiger partial charge in [0.15, 0.2) is 0 Å². The van der Waals surface area contributed by atoms with Crippen LogP contribution in [0.1, 0.15) is 20.8 Å². The first-order valence-electron chi connectivity index (χ1n) is 8.25. The molecule has 0 spiro atoms. The average molecular weight is 352 g/mol. The SMILES string of the molecule is CC(=O)Nc1cccc(-c2cc3cc(NC(=O)OC(C)C)cnc3[nH]2)c1. The molecule has 0 fully saturated rings. The van der Waals surface area contributed by atoms with E-state index in [0.29, 0.717) is 11.3 Å². The fraction of sp³-hybridized carbons (Fsp3) is 0.211. The Kier molecular flexibility index (Phi) is 4.88. The number of H-pyrrole nitrogens is 1. The predicted octanol–water partition coefficient (Wildman–Crippen LogP) is 4.15. The molecule has 2 heterocycles. The highest BCUT2D eigenvalue weighted by Crippen LogP contribution is 2.26. The normalized spacial score (nSPS) is 10.8. The topological polar surface area (TPSA) is 96.1 Å². The van der Waals surface area contributed by atoms with Crippen molar-refractivity contribution in [2.75, 3.05) is 10.6 Å². The summed E-state index contributed by atoms with van der Waals surface area (Å²) in [4.78, 5) is 30.5. The van der Waals surface area contributed by atoms with Crippen LogP contribution in [-0.2, 0) is 9.53 Å². The van der Waals surface area contributed by atoms with Crippen molar-refractivity contribution < 1.29 is 14.3 Å². The van der Waals surface area contributed by atoms with E-state index in [1.54, 1.807) is 20.0 Å². The Hall–Kier alpha value is -3.35. The van der Waals surface area contributed by atoms with Gasteiger partial charge in [-0.2, -0.15) is 0 Å². The lowest BCUT2D eigenvalue weighted by molar-refractivity contribution is -0.114. The molecule has 0 radical (unpaired) electrons. The molecule has 3 N–H and O–H groups in total. The van der Waals surface area contributed by atoms with Crippen molar-refractivity contribution in [3.63, 3.8) is 0 Å². The van der Waals surface area contributed by atoms with Gasteiger partial charge in [-0.25, -0.2) is 9.78 Å². The minimum absolute atomic E-state index is 0.121. The summed E-state index contributed by atoms with van der Waals surface area (Å²) in [5.41, 5.74) is 3.76. The van der Waals surface area contributed by atoms with E-state index in [4.69, 9.17) is 4.74 Å². The van der Waals surface area contributed by atoms with Crippen LogP contribution in [0, 0.1) is 0 Å². The lowest BCUT2D eigenvalue weighted by Gasteiger charge is -2.08. The number of benzene rings is 1. The molecular weight excluding hydrogens is 332 g/mol. The van der Waals surface area contributed by atoms with Crippen molar-refractivity contribution in [1.29, 1.82) is 0 Å². The second kappa shape index (κ2) is 7.26. The van der Waals surface area contributed by atoms with Gasteiger partial charge >= 0.3 is 6.09 Å². The molecule has 1 aromatic carbocycles. The van der Waals surface area contributed by atoms with Crippen LogP contribution < -0.4 is 10.6 Å². The minimum atomic E-state index is -0.514. The van der Waals surface area contributed by atoms with Gasteiger partial charge in [0.25, 0.3) is 0 Å². The Bertz CT molecular complexity index is 962. The van der Waals surface area contributed by atoms with Crippen LogP contribution in [0.15, 0.2) is 42.6 Å². The van der Waals surface area contributed by atoms with E-state index < -0.39 is 6.09 Å². The predicted molar refractivity (Wildman–Crippen MR) is 101 cm³/mol. The van der Waals surface area contributed by atoms with E-state index in [2.05, 4.69) is 20.6 Å². The molecule has 2 aromatic heterocycles. The van der Waals surface area contributed by atoms with Gasteiger partial charge in [-0.3, -0.25) is 10.1 Å². The number of aromatic amines is 1. The van der Waals surface area contributed by atoms with Gasteiger partial charge in [0.05, 0.1) is 18.0 Å². The smallest absolute Gasteiger partial charge is 0.411 e. The molecule has 0 aliphatic carbocycles. The summed E-state index contributed by atoms with van der Waals surface area (Å²) in [6.07, 6.45) is 0.860. The molecule has 0 unspecified atom stereocenters. The van der Waals surface area contributed by atoms with Gasteiger partial charge in [0.2, 0.25) is 5.91 Å². The first-order valence-corrected chi connectivity index (χ1v) is 8.25. The highest BCUT2D eigenvalue weighted by molar-refractivity contribution is 5.92. The summed E-state index contributed by atoms with van der Waals surface area (Å²) in [7, 11) is 0. The van der Waals surface area contributed by atoms with Gasteiger partial charge in [0.1, 0.15) is 5.65 Å². The molecule has 0 aliphatic heterocycles. The van der Waals surface area contributed by atoms with E-state index in [1.807, 2.05) is 36.4 Å². The maximum Gasteiger partial charge on any atom is 0.411 e. The molecule has 2 amide bonds. The van der Waals surface area contributed by atoms with Gasteiger partial charge in [-0.1, -0.05) is 12.1 Å². The van der Waals surface area contributed by atoms with E-state index in [0.717, 1.165) is 22.3 Å². The highest BCUT2D eigenvalue weighted by atomic mass is 16.6. The molecular formula is C19H20N4O3. The Morgan fingerprint density at radius 3 is 2.65 bits per heavy atom. The fourth-order valence-corrected chi connectivity index (χ4v) is 2.57. The van der Waals surface area contributed by atoms with Crippen molar-refractivity contribution in [2.24, 2.45) is 0 Å². The van der Waals surface area contributed by atoms with Crippen LogP contribution in [0.2, 0.25) is 0 Å². The second-order valence-electron chi connectivity index (χ2n) is 6.19. The fourth-order valence-electron chi connectivity index (χ4n) is 2.57. The van der Waals surface area contributed by atoms with Crippen LogP contribution in [0.25, 0.3) is 22.3 Å². The molecule has 3 aromatic rings. The number of nitrogens with zero attached hydrogens (tertiary/aromatic N) is 1. The van der Waals surface area contributed by atoms with E-state index >= 15 is 0 Å². The van der Waals surface area contributed by atoms with Crippen LogP contribution in [0.3, 0.4) is 0 Å². The number of aromatic nitrogens is 2. The third-order valence-electron chi connectivity index (χ3n) is 3.55. The van der Waals surface area contributed by atoms with Crippen LogP contribution in [0.5, 0.6) is 0 Å². The van der Waals surface area contributed by atoms with Crippen molar-refractivity contribution in [3.05, 3.63) is 42.6 Å². The number of carbonyl (C=O) groups is 2. The average Bonchev–Trinajstić information content (AvgIpc) is 2.97. The van der Waals surface area contributed by atoms with Crippen LogP contribution in [0.4, 0.5) is 16.2 Å². The Labute approximate surface area is 150 Å². The van der Waals surface area contributed by atoms with Gasteiger partial charge in [-0.15, -0.1) is 0 Å². The summed E-state index contributed by atoms with van der Waals surface area (Å²) in [5.74, 6) is -0.121. The molecule has 7 heteroatoms. The number of anilines is 2. The number of pyridine rings is 1. The number of rotatable bonds is 4. The van der Waals surface area contributed by atoms with Crippen molar-refractivity contribution in [2.45, 2.75) is 26.9 Å². The molecule has 0 saturated carbocycles. The first kappa shape index (κ1) is 17.5. The maximum absolute atomic E-state index is 11.7. The van der Waals surface area contributed by atoms with Gasteiger partial charge in [0, 0.05) is 29.3 Å².